The van der Waals surface area contributed by atoms with E-state index in [0.717, 1.165) is 12.3 Å². The highest BCUT2D eigenvalue weighted by molar-refractivity contribution is 5.84. The lowest BCUT2D eigenvalue weighted by atomic mass is 9.87. The molecule has 6 heteroatoms. The van der Waals surface area contributed by atoms with Crippen LogP contribution in [-0.4, -0.2) is 39.9 Å². The van der Waals surface area contributed by atoms with Crippen molar-refractivity contribution in [1.82, 2.24) is 5.32 Å². The largest absolute Gasteiger partial charge is 0.478 e. The average molecular weight is 217 g/mol. The number of rotatable bonds is 5. The van der Waals surface area contributed by atoms with Crippen molar-refractivity contribution in [2.75, 3.05) is 6.61 Å². The lowest BCUT2D eigenvalue weighted by Crippen LogP contribution is -2.44. The lowest BCUT2D eigenvalue weighted by Gasteiger charge is -2.26. The lowest BCUT2D eigenvalue weighted by molar-refractivity contribution is -0.136. The molecule has 0 saturated carbocycles. The maximum absolute atomic E-state index is 11.2. The fourth-order valence-corrected chi connectivity index (χ4v) is 0.715. The Bertz CT molecular complexity index is 272. The Labute approximate surface area is 87.2 Å². The van der Waals surface area contributed by atoms with Gasteiger partial charge in [-0.1, -0.05) is 13.8 Å². The van der Waals surface area contributed by atoms with Crippen molar-refractivity contribution in [2.24, 2.45) is 5.41 Å². The van der Waals surface area contributed by atoms with Gasteiger partial charge in [-0.25, -0.2) is 4.79 Å². The third-order valence-electron chi connectivity index (χ3n) is 1.85. The van der Waals surface area contributed by atoms with E-state index in [9.17, 15) is 14.7 Å². The molecule has 0 saturated heterocycles. The number of aliphatic hydroxyl groups excluding tert-OH is 2. The van der Waals surface area contributed by atoms with Gasteiger partial charge in [0.2, 0.25) is 0 Å². The Morgan fingerprint density at radius 3 is 2.40 bits per heavy atom. The van der Waals surface area contributed by atoms with E-state index in [-0.39, 0.29) is 6.61 Å². The van der Waals surface area contributed by atoms with Gasteiger partial charge < -0.3 is 20.6 Å². The molecule has 1 atom stereocenters. The van der Waals surface area contributed by atoms with E-state index in [4.69, 9.17) is 10.2 Å². The molecule has 0 aromatic carbocycles. The van der Waals surface area contributed by atoms with Crippen LogP contribution in [0.15, 0.2) is 12.3 Å². The number of aliphatic carboxylic acids is 1. The Kier molecular flexibility index (Phi) is 4.96. The first-order chi connectivity index (χ1) is 6.81. The third-order valence-corrected chi connectivity index (χ3v) is 1.85. The molecule has 0 aliphatic heterocycles. The Hall–Kier alpha value is -1.40. The molecule has 0 fully saturated rings. The predicted octanol–water partition coefficient (Wildman–Crippen LogP) is -0.920. The van der Waals surface area contributed by atoms with E-state index in [0.29, 0.717) is 0 Å². The number of carboxylic acid groups (broad SMARTS) is 1. The summed E-state index contributed by atoms with van der Waals surface area (Å²) in [5.74, 6) is -1.96. The number of aliphatic hydroxyl groups is 2. The van der Waals surface area contributed by atoms with Gasteiger partial charge in [0.25, 0.3) is 5.91 Å². The van der Waals surface area contributed by atoms with Crippen LogP contribution in [0.1, 0.15) is 13.8 Å². The van der Waals surface area contributed by atoms with Gasteiger partial charge in [0.15, 0.2) is 0 Å². The minimum Gasteiger partial charge on any atom is -0.478 e. The van der Waals surface area contributed by atoms with Crippen molar-refractivity contribution in [3.63, 3.8) is 0 Å². The van der Waals surface area contributed by atoms with Crippen LogP contribution in [0.25, 0.3) is 0 Å². The van der Waals surface area contributed by atoms with Crippen LogP contribution in [0.5, 0.6) is 0 Å². The second kappa shape index (κ2) is 5.47. The van der Waals surface area contributed by atoms with E-state index in [1.807, 2.05) is 0 Å². The van der Waals surface area contributed by atoms with Crippen LogP contribution < -0.4 is 5.32 Å². The van der Waals surface area contributed by atoms with Gasteiger partial charge in [0, 0.05) is 17.7 Å². The summed E-state index contributed by atoms with van der Waals surface area (Å²) in [6, 6.07) is 0. The number of carboxylic acids is 1. The second-order valence-electron chi connectivity index (χ2n) is 3.73. The molecule has 0 radical (unpaired) electrons. The van der Waals surface area contributed by atoms with Gasteiger partial charge in [-0.05, 0) is 0 Å². The van der Waals surface area contributed by atoms with Crippen LogP contribution in [0.3, 0.4) is 0 Å². The zero-order valence-electron chi connectivity index (χ0n) is 8.60. The van der Waals surface area contributed by atoms with Gasteiger partial charge in [-0.3, -0.25) is 4.79 Å². The van der Waals surface area contributed by atoms with Gasteiger partial charge in [0.05, 0.1) is 6.61 Å². The fourth-order valence-electron chi connectivity index (χ4n) is 0.715. The first-order valence-electron chi connectivity index (χ1n) is 4.30. The van der Waals surface area contributed by atoms with Gasteiger partial charge in [0.1, 0.15) is 6.10 Å². The molecule has 86 valence electrons. The number of carbonyl (C=O) groups excluding carboxylic acids is 1. The molecular weight excluding hydrogens is 202 g/mol. The van der Waals surface area contributed by atoms with Gasteiger partial charge >= 0.3 is 5.97 Å². The van der Waals surface area contributed by atoms with Crippen molar-refractivity contribution in [3.05, 3.63) is 12.3 Å². The summed E-state index contributed by atoms with van der Waals surface area (Å²) in [6.07, 6.45) is 0.249. The summed E-state index contributed by atoms with van der Waals surface area (Å²) in [6.45, 7) is 2.67. The molecule has 1 amide bonds. The van der Waals surface area contributed by atoms with Crippen LogP contribution in [0.4, 0.5) is 0 Å². The minimum absolute atomic E-state index is 0.357. The van der Waals surface area contributed by atoms with E-state index >= 15 is 0 Å². The van der Waals surface area contributed by atoms with E-state index in [1.165, 1.54) is 13.8 Å². The first-order valence-corrected chi connectivity index (χ1v) is 4.30. The molecule has 0 aromatic heterocycles. The van der Waals surface area contributed by atoms with Gasteiger partial charge in [-0.15, -0.1) is 0 Å². The molecule has 4 N–H and O–H groups in total. The number of nitrogens with one attached hydrogen (secondary N) is 1. The smallest absolute Gasteiger partial charge is 0.329 e. The highest BCUT2D eigenvalue weighted by Crippen LogP contribution is 2.19. The zero-order valence-corrected chi connectivity index (χ0v) is 8.60. The Morgan fingerprint density at radius 2 is 2.00 bits per heavy atom. The summed E-state index contributed by atoms with van der Waals surface area (Å²) >= 11 is 0. The number of hydrogen-bond acceptors (Lipinski definition) is 4. The molecule has 0 aliphatic rings. The van der Waals surface area contributed by atoms with Gasteiger partial charge in [-0.2, -0.15) is 0 Å². The average Bonchev–Trinajstić information content (AvgIpc) is 2.15. The molecule has 0 spiro atoms. The quantitative estimate of drug-likeness (QED) is 0.445. The van der Waals surface area contributed by atoms with Crippen molar-refractivity contribution in [2.45, 2.75) is 20.0 Å². The van der Waals surface area contributed by atoms with Crippen LogP contribution in [-0.2, 0) is 9.59 Å². The summed E-state index contributed by atoms with van der Waals surface area (Å²) in [5.41, 5.74) is -0.971. The molecule has 6 nitrogen and oxygen atoms in total. The Balaban J connectivity index is 4.28. The highest BCUT2D eigenvalue weighted by atomic mass is 16.4. The van der Waals surface area contributed by atoms with E-state index in [2.05, 4.69) is 5.32 Å². The summed E-state index contributed by atoms with van der Waals surface area (Å²) in [7, 11) is 0. The number of amides is 1. The second-order valence-corrected chi connectivity index (χ2v) is 3.73. The normalized spacial score (nSPS) is 13.9. The number of hydrogen-bond donors (Lipinski definition) is 4. The van der Waals surface area contributed by atoms with E-state index < -0.39 is 23.4 Å². The molecule has 0 rings (SSSR count). The monoisotopic (exact) mass is 217 g/mol. The maximum Gasteiger partial charge on any atom is 0.329 e. The Morgan fingerprint density at radius 1 is 1.47 bits per heavy atom. The standard InChI is InChI=1S/C9H15NO5/c1-9(2,5-11)7(14)8(15)10-4-3-6(12)13/h3-4,7,11,14H,5H2,1-2H3,(H,10,15)(H,12,13)/b4-3+/t7-/m0/s1. The molecule has 0 aromatic rings. The maximum atomic E-state index is 11.2. The zero-order chi connectivity index (χ0) is 12.1. The summed E-state index contributed by atoms with van der Waals surface area (Å²) in [4.78, 5) is 21.3. The van der Waals surface area contributed by atoms with Crippen LogP contribution in [0.2, 0.25) is 0 Å². The SMILES string of the molecule is CC(C)(CO)[C@@H](O)C(=O)N/C=C/C(=O)O. The first kappa shape index (κ1) is 13.6. The van der Waals surface area contributed by atoms with Crippen LogP contribution in [0, 0.1) is 5.41 Å². The summed E-state index contributed by atoms with van der Waals surface area (Å²) < 4.78 is 0. The molecule has 0 aliphatic carbocycles. The van der Waals surface area contributed by atoms with Crippen molar-refractivity contribution in [1.29, 1.82) is 0 Å². The van der Waals surface area contributed by atoms with Crippen LogP contribution >= 0.6 is 0 Å². The molecule has 15 heavy (non-hydrogen) atoms. The third kappa shape index (κ3) is 4.57. The molecule has 0 unspecified atom stereocenters. The van der Waals surface area contributed by atoms with Crippen molar-refractivity contribution >= 4 is 11.9 Å². The highest BCUT2D eigenvalue weighted by Gasteiger charge is 2.32. The predicted molar refractivity (Wildman–Crippen MR) is 51.8 cm³/mol. The topological polar surface area (TPSA) is 107 Å². The molecule has 0 heterocycles. The molecular formula is C9H15NO5. The van der Waals surface area contributed by atoms with Crippen molar-refractivity contribution in [3.8, 4) is 0 Å². The van der Waals surface area contributed by atoms with Crippen molar-refractivity contribution < 1.29 is 24.9 Å². The fraction of sp³-hybridized carbons (Fsp3) is 0.556. The minimum atomic E-state index is -1.40. The molecule has 0 bridgehead atoms. The summed E-state index contributed by atoms with van der Waals surface area (Å²) in [5, 5.41) is 28.7. The van der Waals surface area contributed by atoms with E-state index in [1.54, 1.807) is 0 Å². The number of carbonyl (C=O) groups is 2.